The van der Waals surface area contributed by atoms with Gasteiger partial charge in [0.1, 0.15) is 0 Å². The summed E-state index contributed by atoms with van der Waals surface area (Å²) in [6, 6.07) is 20.6. The second kappa shape index (κ2) is 5.63. The van der Waals surface area contributed by atoms with Crippen LogP contribution in [0.4, 0.5) is 0 Å². The molecule has 0 amide bonds. The quantitative estimate of drug-likeness (QED) is 0.493. The van der Waals surface area contributed by atoms with E-state index in [-0.39, 0.29) is 0 Å². The standard InChI is InChI=1S/C19H14BrN3/c1-13-10-18(14-6-3-2-4-7-14)23-19(22-13)17(12-21-23)15-8-5-9-16(20)11-15/h2-12H,1H3. The number of aryl methyl sites for hydroxylation is 1. The van der Waals surface area contributed by atoms with Gasteiger partial charge in [-0.25, -0.2) is 9.50 Å². The summed E-state index contributed by atoms with van der Waals surface area (Å²) in [4.78, 5) is 4.71. The van der Waals surface area contributed by atoms with Crippen molar-refractivity contribution in [2.45, 2.75) is 6.92 Å². The molecule has 0 bridgehead atoms. The van der Waals surface area contributed by atoms with E-state index in [1.54, 1.807) is 0 Å². The van der Waals surface area contributed by atoms with Gasteiger partial charge in [-0.2, -0.15) is 5.10 Å². The van der Waals surface area contributed by atoms with Crippen LogP contribution in [0.1, 0.15) is 5.69 Å². The Morgan fingerprint density at radius 2 is 1.70 bits per heavy atom. The van der Waals surface area contributed by atoms with Crippen molar-refractivity contribution in [1.82, 2.24) is 14.6 Å². The first-order chi connectivity index (χ1) is 11.2. The first-order valence-corrected chi connectivity index (χ1v) is 8.18. The monoisotopic (exact) mass is 363 g/mol. The summed E-state index contributed by atoms with van der Waals surface area (Å²) in [6.07, 6.45) is 1.88. The summed E-state index contributed by atoms with van der Waals surface area (Å²) in [7, 11) is 0. The van der Waals surface area contributed by atoms with E-state index in [1.165, 1.54) is 0 Å². The number of rotatable bonds is 2. The van der Waals surface area contributed by atoms with E-state index in [2.05, 4.69) is 51.4 Å². The number of nitrogens with zero attached hydrogens (tertiary/aromatic N) is 3. The van der Waals surface area contributed by atoms with Crippen LogP contribution in [0.25, 0.3) is 28.0 Å². The SMILES string of the molecule is Cc1cc(-c2ccccc2)n2ncc(-c3cccc(Br)c3)c2n1. The summed E-state index contributed by atoms with van der Waals surface area (Å²) < 4.78 is 2.96. The smallest absolute Gasteiger partial charge is 0.163 e. The number of fused-ring (bicyclic) bond motifs is 1. The van der Waals surface area contributed by atoms with Gasteiger partial charge in [0.05, 0.1) is 11.9 Å². The van der Waals surface area contributed by atoms with E-state index >= 15 is 0 Å². The summed E-state index contributed by atoms with van der Waals surface area (Å²) in [5.74, 6) is 0. The topological polar surface area (TPSA) is 30.2 Å². The van der Waals surface area contributed by atoms with Crippen LogP contribution in [0, 0.1) is 6.92 Å². The highest BCUT2D eigenvalue weighted by Crippen LogP contribution is 2.29. The largest absolute Gasteiger partial charge is 0.233 e. The second-order valence-corrected chi connectivity index (χ2v) is 6.37. The summed E-state index contributed by atoms with van der Waals surface area (Å²) in [5, 5.41) is 4.58. The lowest BCUT2D eigenvalue weighted by molar-refractivity contribution is 0.938. The highest BCUT2D eigenvalue weighted by Gasteiger charge is 2.13. The van der Waals surface area contributed by atoms with Gasteiger partial charge in [0.15, 0.2) is 5.65 Å². The second-order valence-electron chi connectivity index (χ2n) is 5.45. The molecule has 0 radical (unpaired) electrons. The highest BCUT2D eigenvalue weighted by molar-refractivity contribution is 9.10. The molecule has 2 aromatic carbocycles. The summed E-state index contributed by atoms with van der Waals surface area (Å²) in [6.45, 7) is 2.02. The van der Waals surface area contributed by atoms with Gasteiger partial charge in [-0.15, -0.1) is 0 Å². The molecule has 4 aromatic rings. The van der Waals surface area contributed by atoms with Gasteiger partial charge in [-0.3, -0.25) is 0 Å². The van der Waals surface area contributed by atoms with Crippen LogP contribution in [0.2, 0.25) is 0 Å². The van der Waals surface area contributed by atoms with Crippen molar-refractivity contribution < 1.29 is 0 Å². The normalized spacial score (nSPS) is 11.0. The number of benzene rings is 2. The lowest BCUT2D eigenvalue weighted by atomic mass is 10.1. The maximum atomic E-state index is 4.71. The molecule has 0 saturated heterocycles. The molecular weight excluding hydrogens is 350 g/mol. The van der Waals surface area contributed by atoms with Gasteiger partial charge >= 0.3 is 0 Å². The number of halogens is 1. The average molecular weight is 364 g/mol. The summed E-state index contributed by atoms with van der Waals surface area (Å²) in [5.41, 5.74) is 6.18. The minimum atomic E-state index is 0.877. The molecular formula is C19H14BrN3. The molecule has 112 valence electrons. The molecule has 23 heavy (non-hydrogen) atoms. The van der Waals surface area contributed by atoms with E-state index in [1.807, 2.05) is 48.0 Å². The third kappa shape index (κ3) is 2.55. The molecule has 0 atom stereocenters. The fraction of sp³-hybridized carbons (Fsp3) is 0.0526. The Hall–Kier alpha value is -2.46. The minimum absolute atomic E-state index is 0.877. The van der Waals surface area contributed by atoms with Crippen LogP contribution < -0.4 is 0 Å². The Bertz CT molecular complexity index is 990. The van der Waals surface area contributed by atoms with Crippen molar-refractivity contribution >= 4 is 21.6 Å². The van der Waals surface area contributed by atoms with E-state index in [9.17, 15) is 0 Å². The Balaban J connectivity index is 1.99. The van der Waals surface area contributed by atoms with E-state index in [0.29, 0.717) is 0 Å². The minimum Gasteiger partial charge on any atom is -0.233 e. The number of hydrogen-bond donors (Lipinski definition) is 0. The van der Waals surface area contributed by atoms with Crippen molar-refractivity contribution in [3.8, 4) is 22.4 Å². The van der Waals surface area contributed by atoms with Gasteiger partial charge < -0.3 is 0 Å². The Kier molecular flexibility index (Phi) is 3.46. The van der Waals surface area contributed by atoms with Gasteiger partial charge in [0.2, 0.25) is 0 Å². The zero-order chi connectivity index (χ0) is 15.8. The van der Waals surface area contributed by atoms with E-state index in [4.69, 9.17) is 4.98 Å². The molecule has 0 unspecified atom stereocenters. The average Bonchev–Trinajstić information content (AvgIpc) is 2.98. The zero-order valence-corrected chi connectivity index (χ0v) is 14.2. The zero-order valence-electron chi connectivity index (χ0n) is 12.6. The Morgan fingerprint density at radius 1 is 0.913 bits per heavy atom. The van der Waals surface area contributed by atoms with Crippen molar-refractivity contribution in [3.05, 3.63) is 77.0 Å². The van der Waals surface area contributed by atoms with Crippen molar-refractivity contribution in [2.75, 3.05) is 0 Å². The van der Waals surface area contributed by atoms with Crippen LogP contribution in [0.15, 0.2) is 71.3 Å². The van der Waals surface area contributed by atoms with Gasteiger partial charge in [0.25, 0.3) is 0 Å². The van der Waals surface area contributed by atoms with E-state index < -0.39 is 0 Å². The van der Waals surface area contributed by atoms with Gasteiger partial charge in [-0.05, 0) is 30.7 Å². The molecule has 4 rings (SSSR count). The third-order valence-corrected chi connectivity index (χ3v) is 4.30. The van der Waals surface area contributed by atoms with Crippen LogP contribution in [-0.2, 0) is 0 Å². The van der Waals surface area contributed by atoms with E-state index in [0.717, 1.165) is 38.2 Å². The van der Waals surface area contributed by atoms with Crippen LogP contribution in [0.5, 0.6) is 0 Å². The molecule has 0 aliphatic carbocycles. The van der Waals surface area contributed by atoms with Crippen LogP contribution in [0.3, 0.4) is 0 Å². The predicted octanol–water partition coefficient (Wildman–Crippen LogP) is 5.13. The molecule has 0 spiro atoms. The Labute approximate surface area is 142 Å². The first-order valence-electron chi connectivity index (χ1n) is 7.39. The van der Waals surface area contributed by atoms with Gasteiger partial charge in [0, 0.05) is 21.3 Å². The molecule has 2 heterocycles. The third-order valence-electron chi connectivity index (χ3n) is 3.81. The molecule has 2 aromatic heterocycles. The maximum absolute atomic E-state index is 4.71. The molecule has 0 saturated carbocycles. The van der Waals surface area contributed by atoms with Crippen molar-refractivity contribution in [1.29, 1.82) is 0 Å². The molecule has 0 N–H and O–H groups in total. The lowest BCUT2D eigenvalue weighted by Gasteiger charge is -2.07. The maximum Gasteiger partial charge on any atom is 0.163 e. The molecule has 0 fully saturated rings. The van der Waals surface area contributed by atoms with Crippen LogP contribution >= 0.6 is 15.9 Å². The fourth-order valence-electron chi connectivity index (χ4n) is 2.76. The molecule has 0 aliphatic rings. The van der Waals surface area contributed by atoms with Crippen molar-refractivity contribution in [2.24, 2.45) is 0 Å². The molecule has 4 heteroatoms. The predicted molar refractivity (Wildman–Crippen MR) is 96.3 cm³/mol. The number of aromatic nitrogens is 3. The highest BCUT2D eigenvalue weighted by atomic mass is 79.9. The van der Waals surface area contributed by atoms with Crippen LogP contribution in [-0.4, -0.2) is 14.6 Å². The fourth-order valence-corrected chi connectivity index (χ4v) is 3.16. The first kappa shape index (κ1) is 14.2. The van der Waals surface area contributed by atoms with Crippen molar-refractivity contribution in [3.63, 3.8) is 0 Å². The van der Waals surface area contributed by atoms with Gasteiger partial charge in [-0.1, -0.05) is 58.4 Å². The summed E-state index contributed by atoms with van der Waals surface area (Å²) >= 11 is 3.53. The molecule has 0 aliphatic heterocycles. The lowest BCUT2D eigenvalue weighted by Crippen LogP contribution is -1.98. The number of hydrogen-bond acceptors (Lipinski definition) is 2. The molecule has 3 nitrogen and oxygen atoms in total. The Morgan fingerprint density at radius 3 is 2.48 bits per heavy atom.